The molecule has 3 heteroatoms. The van der Waals surface area contributed by atoms with Crippen LogP contribution in [0.25, 0.3) is 0 Å². The number of benzene rings is 1. The second-order valence-corrected chi connectivity index (χ2v) is 6.24. The monoisotopic (exact) mass is 277 g/mol. The summed E-state index contributed by atoms with van der Waals surface area (Å²) in [4.78, 5) is 0. The second kappa shape index (κ2) is 6.49. The average molecular weight is 277 g/mol. The standard InChI is InChI=1S/C17H27NO2/c1-13(2)11-17(9-6-10-18-17)12-14-7-5-8-15(19-3)16(14)20-4/h5,7-8,13,18H,6,9-12H2,1-4H3. The third-order valence-corrected chi connectivity index (χ3v) is 4.14. The van der Waals surface area contributed by atoms with Crippen molar-refractivity contribution in [3.05, 3.63) is 23.8 Å². The Balaban J connectivity index is 2.27. The average Bonchev–Trinajstić information content (AvgIpc) is 2.85. The van der Waals surface area contributed by atoms with E-state index in [4.69, 9.17) is 9.47 Å². The van der Waals surface area contributed by atoms with Gasteiger partial charge in [-0.3, -0.25) is 0 Å². The van der Waals surface area contributed by atoms with Crippen LogP contribution in [0.3, 0.4) is 0 Å². The van der Waals surface area contributed by atoms with Crippen LogP contribution in [0.4, 0.5) is 0 Å². The van der Waals surface area contributed by atoms with Gasteiger partial charge >= 0.3 is 0 Å². The molecule has 1 saturated heterocycles. The summed E-state index contributed by atoms with van der Waals surface area (Å²) in [7, 11) is 3.41. The molecule has 0 amide bonds. The fourth-order valence-corrected chi connectivity index (χ4v) is 3.50. The minimum Gasteiger partial charge on any atom is -0.493 e. The summed E-state index contributed by atoms with van der Waals surface area (Å²) in [5, 5.41) is 3.74. The SMILES string of the molecule is COc1cccc(CC2(CC(C)C)CCCN2)c1OC. The number of hydrogen-bond acceptors (Lipinski definition) is 3. The highest BCUT2D eigenvalue weighted by Gasteiger charge is 2.35. The van der Waals surface area contributed by atoms with Crippen molar-refractivity contribution in [2.24, 2.45) is 5.92 Å². The molecule has 1 aromatic carbocycles. The summed E-state index contributed by atoms with van der Waals surface area (Å²) in [6.45, 7) is 5.72. The van der Waals surface area contributed by atoms with Gasteiger partial charge in [0.2, 0.25) is 0 Å². The van der Waals surface area contributed by atoms with Crippen LogP contribution >= 0.6 is 0 Å². The number of para-hydroxylation sites is 1. The van der Waals surface area contributed by atoms with Crippen molar-refractivity contribution in [3.63, 3.8) is 0 Å². The molecule has 1 aromatic rings. The van der Waals surface area contributed by atoms with Gasteiger partial charge in [0.05, 0.1) is 14.2 Å². The maximum absolute atomic E-state index is 5.57. The predicted octanol–water partition coefficient (Wildman–Crippen LogP) is 3.41. The molecule has 0 radical (unpaired) electrons. The Bertz CT molecular complexity index is 437. The first-order valence-electron chi connectivity index (χ1n) is 7.55. The Morgan fingerprint density at radius 2 is 2.05 bits per heavy atom. The van der Waals surface area contributed by atoms with E-state index in [1.54, 1.807) is 14.2 Å². The Morgan fingerprint density at radius 1 is 1.25 bits per heavy atom. The lowest BCUT2D eigenvalue weighted by Crippen LogP contribution is -2.43. The number of nitrogens with one attached hydrogen (secondary N) is 1. The van der Waals surface area contributed by atoms with Crippen LogP contribution in [-0.2, 0) is 6.42 Å². The zero-order chi connectivity index (χ0) is 14.6. The summed E-state index contributed by atoms with van der Waals surface area (Å²) in [5.41, 5.74) is 1.45. The minimum atomic E-state index is 0.216. The van der Waals surface area contributed by atoms with Crippen molar-refractivity contribution < 1.29 is 9.47 Å². The summed E-state index contributed by atoms with van der Waals surface area (Å²) < 4.78 is 11.0. The van der Waals surface area contributed by atoms with E-state index in [9.17, 15) is 0 Å². The molecule has 1 unspecified atom stereocenters. The fourth-order valence-electron chi connectivity index (χ4n) is 3.50. The molecule has 0 saturated carbocycles. The molecular weight excluding hydrogens is 250 g/mol. The molecule has 20 heavy (non-hydrogen) atoms. The Kier molecular flexibility index (Phi) is 4.92. The molecule has 0 aliphatic carbocycles. The van der Waals surface area contributed by atoms with E-state index in [2.05, 4.69) is 31.3 Å². The lowest BCUT2D eigenvalue weighted by molar-refractivity contribution is 0.294. The van der Waals surface area contributed by atoms with Gasteiger partial charge in [0.25, 0.3) is 0 Å². The third kappa shape index (κ3) is 3.26. The Morgan fingerprint density at radius 3 is 2.60 bits per heavy atom. The molecule has 1 N–H and O–H groups in total. The van der Waals surface area contributed by atoms with Gasteiger partial charge in [-0.25, -0.2) is 0 Å². The maximum Gasteiger partial charge on any atom is 0.163 e. The Hall–Kier alpha value is -1.22. The van der Waals surface area contributed by atoms with Crippen LogP contribution < -0.4 is 14.8 Å². The third-order valence-electron chi connectivity index (χ3n) is 4.14. The number of rotatable bonds is 6. The summed E-state index contributed by atoms with van der Waals surface area (Å²) in [5.74, 6) is 2.40. The molecule has 1 heterocycles. The molecule has 1 aliphatic heterocycles. The molecule has 0 aromatic heterocycles. The lowest BCUT2D eigenvalue weighted by atomic mass is 9.82. The van der Waals surface area contributed by atoms with Gasteiger partial charge in [-0.1, -0.05) is 26.0 Å². The van der Waals surface area contributed by atoms with Gasteiger partial charge in [0.1, 0.15) is 0 Å². The summed E-state index contributed by atoms with van der Waals surface area (Å²) >= 11 is 0. The van der Waals surface area contributed by atoms with Gasteiger partial charge in [-0.2, -0.15) is 0 Å². The smallest absolute Gasteiger partial charge is 0.163 e. The highest BCUT2D eigenvalue weighted by atomic mass is 16.5. The number of hydrogen-bond donors (Lipinski definition) is 1. The van der Waals surface area contributed by atoms with Crippen LogP contribution in [0.2, 0.25) is 0 Å². The Labute approximate surface area is 122 Å². The van der Waals surface area contributed by atoms with Gasteiger partial charge in [0, 0.05) is 5.54 Å². The van der Waals surface area contributed by atoms with Crippen molar-refractivity contribution in [3.8, 4) is 11.5 Å². The van der Waals surface area contributed by atoms with E-state index in [1.165, 1.54) is 24.8 Å². The van der Waals surface area contributed by atoms with Crippen molar-refractivity contribution >= 4 is 0 Å². The van der Waals surface area contributed by atoms with Gasteiger partial charge < -0.3 is 14.8 Å². The highest BCUT2D eigenvalue weighted by Crippen LogP contribution is 2.37. The van der Waals surface area contributed by atoms with E-state index in [1.807, 2.05) is 6.07 Å². The van der Waals surface area contributed by atoms with Crippen LogP contribution in [0.1, 0.15) is 38.7 Å². The van der Waals surface area contributed by atoms with E-state index in [-0.39, 0.29) is 5.54 Å². The molecule has 2 rings (SSSR count). The van der Waals surface area contributed by atoms with Gasteiger partial charge in [0.15, 0.2) is 11.5 Å². The molecule has 112 valence electrons. The molecule has 3 nitrogen and oxygen atoms in total. The zero-order valence-electron chi connectivity index (χ0n) is 13.2. The summed E-state index contributed by atoms with van der Waals surface area (Å²) in [6.07, 6.45) is 4.71. The largest absolute Gasteiger partial charge is 0.493 e. The van der Waals surface area contributed by atoms with Gasteiger partial charge in [-0.05, 0) is 49.8 Å². The van der Waals surface area contributed by atoms with E-state index >= 15 is 0 Å². The van der Waals surface area contributed by atoms with Crippen molar-refractivity contribution in [1.82, 2.24) is 5.32 Å². The zero-order valence-corrected chi connectivity index (χ0v) is 13.2. The van der Waals surface area contributed by atoms with E-state index in [0.29, 0.717) is 5.92 Å². The molecule has 1 atom stereocenters. The fraction of sp³-hybridized carbons (Fsp3) is 0.647. The van der Waals surface area contributed by atoms with Crippen molar-refractivity contribution in [2.45, 2.75) is 45.1 Å². The molecular formula is C17H27NO2. The first-order valence-corrected chi connectivity index (χ1v) is 7.55. The predicted molar refractivity (Wildman–Crippen MR) is 82.7 cm³/mol. The first kappa shape index (κ1) is 15.2. The minimum absolute atomic E-state index is 0.216. The number of methoxy groups -OCH3 is 2. The van der Waals surface area contributed by atoms with Crippen molar-refractivity contribution in [2.75, 3.05) is 20.8 Å². The molecule has 0 spiro atoms. The van der Waals surface area contributed by atoms with Crippen LogP contribution in [-0.4, -0.2) is 26.3 Å². The summed E-state index contributed by atoms with van der Waals surface area (Å²) in [6, 6.07) is 6.16. The lowest BCUT2D eigenvalue weighted by Gasteiger charge is -2.32. The van der Waals surface area contributed by atoms with E-state index in [0.717, 1.165) is 24.5 Å². The molecule has 1 fully saturated rings. The maximum atomic E-state index is 5.57. The van der Waals surface area contributed by atoms with Crippen LogP contribution in [0.5, 0.6) is 11.5 Å². The normalized spacial score (nSPS) is 22.2. The first-order chi connectivity index (χ1) is 9.60. The van der Waals surface area contributed by atoms with Crippen LogP contribution in [0.15, 0.2) is 18.2 Å². The second-order valence-electron chi connectivity index (χ2n) is 6.24. The van der Waals surface area contributed by atoms with Crippen LogP contribution in [0, 0.1) is 5.92 Å². The van der Waals surface area contributed by atoms with Gasteiger partial charge in [-0.15, -0.1) is 0 Å². The molecule has 1 aliphatic rings. The highest BCUT2D eigenvalue weighted by molar-refractivity contribution is 5.47. The topological polar surface area (TPSA) is 30.5 Å². The molecule has 0 bridgehead atoms. The quantitative estimate of drug-likeness (QED) is 0.864. The number of ether oxygens (including phenoxy) is 2. The van der Waals surface area contributed by atoms with E-state index < -0.39 is 0 Å². The van der Waals surface area contributed by atoms with Crippen molar-refractivity contribution in [1.29, 1.82) is 0 Å².